The van der Waals surface area contributed by atoms with Crippen LogP contribution in [0.15, 0.2) is 29.6 Å². The third kappa shape index (κ3) is 2.86. The van der Waals surface area contributed by atoms with Gasteiger partial charge in [0.1, 0.15) is 5.01 Å². The summed E-state index contributed by atoms with van der Waals surface area (Å²) in [6, 6.07) is 8.75. The monoisotopic (exact) mass is 352 g/mol. The molecule has 0 N–H and O–H groups in total. The predicted octanol–water partition coefficient (Wildman–Crippen LogP) is 5.52. The quantitative estimate of drug-likeness (QED) is 0.720. The van der Waals surface area contributed by atoms with E-state index in [2.05, 4.69) is 48.5 Å². The fraction of sp³-hybridized carbons (Fsp3) is 0.591. The van der Waals surface area contributed by atoms with Gasteiger partial charge in [0.15, 0.2) is 0 Å². The lowest BCUT2D eigenvalue weighted by Gasteiger charge is -2.60. The summed E-state index contributed by atoms with van der Waals surface area (Å²) < 4.78 is 0. The Balaban J connectivity index is 1.33. The van der Waals surface area contributed by atoms with Crippen molar-refractivity contribution < 1.29 is 0 Å². The van der Waals surface area contributed by atoms with Gasteiger partial charge in [-0.15, -0.1) is 11.3 Å². The number of rotatable bonds is 4. The smallest absolute Gasteiger partial charge is 0.123 e. The van der Waals surface area contributed by atoms with E-state index < -0.39 is 0 Å². The number of hydrogen-bond donors (Lipinski definition) is 0. The van der Waals surface area contributed by atoms with Gasteiger partial charge in [0, 0.05) is 23.0 Å². The van der Waals surface area contributed by atoms with Gasteiger partial charge in [-0.25, -0.2) is 4.98 Å². The zero-order chi connectivity index (χ0) is 17.0. The van der Waals surface area contributed by atoms with Gasteiger partial charge >= 0.3 is 0 Å². The Kier molecular flexibility index (Phi) is 3.79. The molecule has 6 rings (SSSR count). The molecule has 1 heterocycles. The average molecular weight is 353 g/mol. The highest BCUT2D eigenvalue weighted by Crippen LogP contribution is 2.57. The van der Waals surface area contributed by atoms with Gasteiger partial charge in [-0.1, -0.05) is 29.8 Å². The third-order valence-electron chi connectivity index (χ3n) is 7.07. The molecule has 0 atom stereocenters. The van der Waals surface area contributed by atoms with Gasteiger partial charge in [-0.2, -0.15) is 0 Å². The molecule has 4 fully saturated rings. The van der Waals surface area contributed by atoms with E-state index in [1.165, 1.54) is 55.3 Å². The Morgan fingerprint density at radius 3 is 2.24 bits per heavy atom. The van der Waals surface area contributed by atoms with Crippen LogP contribution in [0.3, 0.4) is 0 Å². The first-order chi connectivity index (χ1) is 12.1. The molecule has 1 aromatic heterocycles. The van der Waals surface area contributed by atoms with Crippen LogP contribution in [0.4, 0.5) is 0 Å². The first kappa shape index (κ1) is 16.0. The number of aromatic nitrogens is 1. The Bertz CT molecular complexity index is 725. The molecule has 0 saturated heterocycles. The van der Waals surface area contributed by atoms with Gasteiger partial charge in [0.2, 0.25) is 0 Å². The molecule has 132 valence electrons. The van der Waals surface area contributed by atoms with Crippen LogP contribution in [0.1, 0.15) is 49.8 Å². The molecule has 0 aliphatic heterocycles. The molecule has 1 aromatic carbocycles. The summed E-state index contributed by atoms with van der Waals surface area (Å²) >= 11 is 1.79. The molecule has 4 saturated carbocycles. The van der Waals surface area contributed by atoms with Crippen LogP contribution in [-0.2, 0) is 6.54 Å². The maximum Gasteiger partial charge on any atom is 0.123 e. The zero-order valence-electron chi connectivity index (χ0n) is 15.4. The molecule has 2 nitrogen and oxygen atoms in total. The molecule has 25 heavy (non-hydrogen) atoms. The average Bonchev–Trinajstić information content (AvgIpc) is 3.03. The van der Waals surface area contributed by atoms with E-state index >= 15 is 0 Å². The van der Waals surface area contributed by atoms with Crippen molar-refractivity contribution in [3.63, 3.8) is 0 Å². The fourth-order valence-electron chi connectivity index (χ4n) is 6.15. The first-order valence-electron chi connectivity index (χ1n) is 9.82. The molecule has 0 amide bonds. The van der Waals surface area contributed by atoms with Crippen molar-refractivity contribution in [2.45, 2.75) is 57.5 Å². The minimum absolute atomic E-state index is 0.475. The molecular formula is C22H28N2S. The minimum atomic E-state index is 0.475. The van der Waals surface area contributed by atoms with E-state index in [4.69, 9.17) is 4.98 Å². The Morgan fingerprint density at radius 2 is 1.64 bits per heavy atom. The van der Waals surface area contributed by atoms with Gasteiger partial charge in [0.25, 0.3) is 0 Å². The summed E-state index contributed by atoms with van der Waals surface area (Å²) in [6.07, 6.45) is 8.85. The summed E-state index contributed by atoms with van der Waals surface area (Å²) in [6.45, 7) is 3.14. The molecule has 4 aliphatic rings. The van der Waals surface area contributed by atoms with E-state index in [0.29, 0.717) is 5.54 Å². The van der Waals surface area contributed by atoms with Crippen LogP contribution in [0.5, 0.6) is 0 Å². The maximum absolute atomic E-state index is 4.95. The van der Waals surface area contributed by atoms with E-state index in [-0.39, 0.29) is 0 Å². The summed E-state index contributed by atoms with van der Waals surface area (Å²) in [5.74, 6) is 3.02. The number of aryl methyl sites for hydroxylation is 1. The van der Waals surface area contributed by atoms with E-state index in [1.807, 2.05) is 0 Å². The van der Waals surface area contributed by atoms with Gasteiger partial charge < -0.3 is 0 Å². The highest BCUT2D eigenvalue weighted by atomic mass is 32.1. The highest BCUT2D eigenvalue weighted by molar-refractivity contribution is 7.13. The Hall–Kier alpha value is -1.19. The number of benzene rings is 1. The van der Waals surface area contributed by atoms with E-state index in [9.17, 15) is 0 Å². The first-order valence-corrected chi connectivity index (χ1v) is 10.7. The standard InChI is InChI=1S/C22H28N2S/c1-15-3-5-19(6-4-15)21-23-20(14-25-21)13-24(2)22-10-16-7-17(11-22)9-18(8-16)12-22/h3-6,14,16-18H,7-13H2,1-2H3. The normalized spacial score (nSPS) is 33.3. The van der Waals surface area contributed by atoms with Crippen molar-refractivity contribution in [3.05, 3.63) is 40.9 Å². The van der Waals surface area contributed by atoms with Crippen molar-refractivity contribution in [1.82, 2.24) is 9.88 Å². The van der Waals surface area contributed by atoms with Crippen LogP contribution in [-0.4, -0.2) is 22.5 Å². The maximum atomic E-state index is 4.95. The zero-order valence-corrected chi connectivity index (χ0v) is 16.2. The minimum Gasteiger partial charge on any atom is -0.295 e. The summed E-state index contributed by atoms with van der Waals surface area (Å²) in [5.41, 5.74) is 4.28. The van der Waals surface area contributed by atoms with Crippen molar-refractivity contribution >= 4 is 11.3 Å². The van der Waals surface area contributed by atoms with Crippen molar-refractivity contribution in [3.8, 4) is 10.6 Å². The van der Waals surface area contributed by atoms with Gasteiger partial charge in [-0.05, 0) is 70.3 Å². The molecule has 3 heteroatoms. The second kappa shape index (κ2) is 5.92. The largest absolute Gasteiger partial charge is 0.295 e. The fourth-order valence-corrected chi connectivity index (χ4v) is 6.97. The number of thiazole rings is 1. The van der Waals surface area contributed by atoms with E-state index in [1.54, 1.807) is 11.3 Å². The molecule has 0 spiro atoms. The van der Waals surface area contributed by atoms with Crippen molar-refractivity contribution in [1.29, 1.82) is 0 Å². The predicted molar refractivity (Wildman–Crippen MR) is 105 cm³/mol. The summed E-state index contributed by atoms with van der Waals surface area (Å²) in [4.78, 5) is 7.63. The van der Waals surface area contributed by atoms with Crippen LogP contribution in [0, 0.1) is 24.7 Å². The SMILES string of the molecule is Cc1ccc(-c2nc(CN(C)C34CC5CC(CC(C5)C3)C4)cs2)cc1. The molecule has 4 aliphatic carbocycles. The molecule has 2 aromatic rings. The lowest BCUT2D eigenvalue weighted by molar-refractivity contribution is -0.0824. The Labute approximate surface area is 155 Å². The lowest BCUT2D eigenvalue weighted by Crippen LogP contribution is -2.58. The van der Waals surface area contributed by atoms with Gasteiger partial charge in [0.05, 0.1) is 5.69 Å². The highest BCUT2D eigenvalue weighted by Gasteiger charge is 2.52. The molecular weight excluding hydrogens is 324 g/mol. The molecule has 0 unspecified atom stereocenters. The van der Waals surface area contributed by atoms with E-state index in [0.717, 1.165) is 29.3 Å². The van der Waals surface area contributed by atoms with Crippen LogP contribution in [0.25, 0.3) is 10.6 Å². The number of hydrogen-bond acceptors (Lipinski definition) is 3. The third-order valence-corrected chi connectivity index (χ3v) is 8.01. The van der Waals surface area contributed by atoms with Crippen LogP contribution in [0.2, 0.25) is 0 Å². The molecule has 4 bridgehead atoms. The number of nitrogens with zero attached hydrogens (tertiary/aromatic N) is 2. The Morgan fingerprint density at radius 1 is 1.04 bits per heavy atom. The molecule has 0 radical (unpaired) electrons. The van der Waals surface area contributed by atoms with Crippen molar-refractivity contribution in [2.24, 2.45) is 17.8 Å². The van der Waals surface area contributed by atoms with Crippen LogP contribution < -0.4 is 0 Å². The summed E-state index contributed by atoms with van der Waals surface area (Å²) in [7, 11) is 2.36. The second-order valence-corrected chi connectivity index (χ2v) is 9.87. The second-order valence-electron chi connectivity index (χ2n) is 9.01. The lowest BCUT2D eigenvalue weighted by atomic mass is 9.52. The van der Waals surface area contributed by atoms with Crippen LogP contribution >= 0.6 is 11.3 Å². The van der Waals surface area contributed by atoms with Gasteiger partial charge in [-0.3, -0.25) is 4.90 Å². The topological polar surface area (TPSA) is 16.1 Å². The van der Waals surface area contributed by atoms with Crippen molar-refractivity contribution in [2.75, 3.05) is 7.05 Å². The summed E-state index contributed by atoms with van der Waals surface area (Å²) in [5, 5.41) is 3.43.